The molecule has 0 aliphatic heterocycles. The van der Waals surface area contributed by atoms with Gasteiger partial charge in [0.1, 0.15) is 11.3 Å². The average molecular weight is 260 g/mol. The fourth-order valence-corrected chi connectivity index (χ4v) is 2.56. The number of hydrogen-bond acceptors (Lipinski definition) is 3. The summed E-state index contributed by atoms with van der Waals surface area (Å²) in [5.41, 5.74) is 8.82. The first kappa shape index (κ1) is 14.0. The minimum absolute atomic E-state index is 0.507. The summed E-state index contributed by atoms with van der Waals surface area (Å²) in [6.07, 6.45) is 5.11. The van der Waals surface area contributed by atoms with Crippen LogP contribution in [0, 0.1) is 6.92 Å². The molecule has 0 saturated heterocycles. The molecule has 0 saturated carbocycles. The zero-order valence-corrected chi connectivity index (χ0v) is 12.2. The van der Waals surface area contributed by atoms with Crippen LogP contribution in [0.25, 0.3) is 11.2 Å². The summed E-state index contributed by atoms with van der Waals surface area (Å²) >= 11 is 0. The lowest BCUT2D eigenvalue weighted by molar-refractivity contribution is 0.542. The van der Waals surface area contributed by atoms with Crippen molar-refractivity contribution in [3.63, 3.8) is 0 Å². The van der Waals surface area contributed by atoms with Gasteiger partial charge in [-0.15, -0.1) is 0 Å². The maximum Gasteiger partial charge on any atom is 0.160 e. The minimum atomic E-state index is 0.507. The SMILES string of the molecule is CCC(CC)c1nc2cc(C)cnc2n1CCCN. The second kappa shape index (κ2) is 6.15. The van der Waals surface area contributed by atoms with Crippen LogP contribution in [-0.4, -0.2) is 21.1 Å². The third-order valence-electron chi connectivity index (χ3n) is 3.69. The van der Waals surface area contributed by atoms with Crippen LogP contribution in [0.2, 0.25) is 0 Å². The second-order valence-corrected chi connectivity index (χ2v) is 5.13. The summed E-state index contributed by atoms with van der Waals surface area (Å²) in [5, 5.41) is 0. The molecule has 4 nitrogen and oxygen atoms in total. The number of rotatable bonds is 6. The van der Waals surface area contributed by atoms with Gasteiger partial charge in [-0.1, -0.05) is 13.8 Å². The number of nitrogens with two attached hydrogens (primary N) is 1. The fraction of sp³-hybridized carbons (Fsp3) is 0.600. The van der Waals surface area contributed by atoms with Crippen LogP contribution in [0.15, 0.2) is 12.3 Å². The molecule has 0 bridgehead atoms. The van der Waals surface area contributed by atoms with Gasteiger partial charge in [0.25, 0.3) is 0 Å². The van der Waals surface area contributed by atoms with E-state index in [2.05, 4.69) is 36.4 Å². The van der Waals surface area contributed by atoms with Gasteiger partial charge in [0, 0.05) is 18.7 Å². The maximum atomic E-state index is 5.65. The quantitative estimate of drug-likeness (QED) is 0.868. The molecule has 0 atom stereocenters. The Bertz CT molecular complexity index is 540. The molecule has 0 aliphatic carbocycles. The Balaban J connectivity index is 2.53. The molecule has 2 aromatic heterocycles. The molecule has 19 heavy (non-hydrogen) atoms. The molecular weight excluding hydrogens is 236 g/mol. The largest absolute Gasteiger partial charge is 0.330 e. The van der Waals surface area contributed by atoms with Crippen molar-refractivity contribution in [3.8, 4) is 0 Å². The number of hydrogen-bond donors (Lipinski definition) is 1. The van der Waals surface area contributed by atoms with E-state index >= 15 is 0 Å². The second-order valence-electron chi connectivity index (χ2n) is 5.13. The molecule has 2 heterocycles. The molecule has 0 unspecified atom stereocenters. The molecule has 0 fully saturated rings. The molecule has 104 valence electrons. The Labute approximate surface area is 115 Å². The lowest BCUT2D eigenvalue weighted by Gasteiger charge is -2.14. The van der Waals surface area contributed by atoms with Gasteiger partial charge in [-0.3, -0.25) is 0 Å². The van der Waals surface area contributed by atoms with Gasteiger partial charge in [0.15, 0.2) is 5.65 Å². The zero-order chi connectivity index (χ0) is 13.8. The molecule has 4 heteroatoms. The topological polar surface area (TPSA) is 56.7 Å². The lowest BCUT2D eigenvalue weighted by atomic mass is 10.0. The highest BCUT2D eigenvalue weighted by molar-refractivity contribution is 5.72. The van der Waals surface area contributed by atoms with E-state index in [1.54, 1.807) is 0 Å². The number of imidazole rings is 1. The summed E-state index contributed by atoms with van der Waals surface area (Å²) in [4.78, 5) is 9.39. The van der Waals surface area contributed by atoms with Crippen molar-refractivity contribution in [2.24, 2.45) is 5.73 Å². The van der Waals surface area contributed by atoms with E-state index in [-0.39, 0.29) is 0 Å². The van der Waals surface area contributed by atoms with Gasteiger partial charge >= 0.3 is 0 Å². The Morgan fingerprint density at radius 2 is 2.05 bits per heavy atom. The third kappa shape index (κ3) is 2.78. The third-order valence-corrected chi connectivity index (χ3v) is 3.69. The van der Waals surface area contributed by atoms with Gasteiger partial charge in [0.2, 0.25) is 0 Å². The molecule has 0 radical (unpaired) electrons. The molecule has 2 rings (SSSR count). The number of fused-ring (bicyclic) bond motifs is 1. The first-order valence-corrected chi connectivity index (χ1v) is 7.24. The molecule has 2 N–H and O–H groups in total. The number of nitrogens with zero attached hydrogens (tertiary/aromatic N) is 3. The Morgan fingerprint density at radius 1 is 1.32 bits per heavy atom. The number of aryl methyl sites for hydroxylation is 2. The lowest BCUT2D eigenvalue weighted by Crippen LogP contribution is -2.12. The average Bonchev–Trinajstić information content (AvgIpc) is 2.75. The highest BCUT2D eigenvalue weighted by Gasteiger charge is 2.18. The summed E-state index contributed by atoms with van der Waals surface area (Å²) in [6.45, 7) is 8.11. The predicted molar refractivity (Wildman–Crippen MR) is 79.3 cm³/mol. The summed E-state index contributed by atoms with van der Waals surface area (Å²) in [7, 11) is 0. The summed E-state index contributed by atoms with van der Waals surface area (Å²) < 4.78 is 2.26. The normalized spacial score (nSPS) is 11.6. The summed E-state index contributed by atoms with van der Waals surface area (Å²) in [5.74, 6) is 1.68. The van der Waals surface area contributed by atoms with Crippen molar-refractivity contribution in [2.75, 3.05) is 6.54 Å². The van der Waals surface area contributed by atoms with Crippen LogP contribution in [0.3, 0.4) is 0 Å². The molecule has 0 aliphatic rings. The highest BCUT2D eigenvalue weighted by atomic mass is 15.1. The molecule has 0 amide bonds. The van der Waals surface area contributed by atoms with Gasteiger partial charge in [-0.05, 0) is 44.4 Å². The van der Waals surface area contributed by atoms with Crippen LogP contribution in [-0.2, 0) is 6.54 Å². The molecule has 0 aromatic carbocycles. The summed E-state index contributed by atoms with van der Waals surface area (Å²) in [6, 6.07) is 2.12. The Hall–Kier alpha value is -1.42. The van der Waals surface area contributed by atoms with Crippen LogP contribution in [0.1, 0.15) is 50.4 Å². The van der Waals surface area contributed by atoms with Crippen molar-refractivity contribution in [2.45, 2.75) is 52.5 Å². The van der Waals surface area contributed by atoms with Gasteiger partial charge < -0.3 is 10.3 Å². The number of pyridine rings is 1. The fourth-order valence-electron chi connectivity index (χ4n) is 2.56. The molecule has 0 spiro atoms. The maximum absolute atomic E-state index is 5.65. The Morgan fingerprint density at radius 3 is 2.68 bits per heavy atom. The van der Waals surface area contributed by atoms with E-state index in [4.69, 9.17) is 10.7 Å². The van der Waals surface area contributed by atoms with Gasteiger partial charge in [-0.2, -0.15) is 0 Å². The van der Waals surface area contributed by atoms with Crippen LogP contribution in [0.4, 0.5) is 0 Å². The van der Waals surface area contributed by atoms with Crippen molar-refractivity contribution in [1.29, 1.82) is 0 Å². The van der Waals surface area contributed by atoms with Gasteiger partial charge in [0.05, 0.1) is 0 Å². The van der Waals surface area contributed by atoms with E-state index in [9.17, 15) is 0 Å². The van der Waals surface area contributed by atoms with Crippen LogP contribution >= 0.6 is 0 Å². The van der Waals surface area contributed by atoms with E-state index in [0.717, 1.165) is 42.5 Å². The van der Waals surface area contributed by atoms with Crippen LogP contribution < -0.4 is 5.73 Å². The van der Waals surface area contributed by atoms with E-state index < -0.39 is 0 Å². The van der Waals surface area contributed by atoms with E-state index in [1.807, 2.05) is 6.20 Å². The highest BCUT2D eigenvalue weighted by Crippen LogP contribution is 2.26. The Kier molecular flexibility index (Phi) is 4.53. The molecule has 2 aromatic rings. The van der Waals surface area contributed by atoms with Crippen molar-refractivity contribution >= 4 is 11.2 Å². The van der Waals surface area contributed by atoms with E-state index in [0.29, 0.717) is 12.5 Å². The van der Waals surface area contributed by atoms with Gasteiger partial charge in [-0.25, -0.2) is 9.97 Å². The van der Waals surface area contributed by atoms with Crippen molar-refractivity contribution in [3.05, 3.63) is 23.7 Å². The monoisotopic (exact) mass is 260 g/mol. The predicted octanol–water partition coefficient (Wildman–Crippen LogP) is 2.99. The smallest absolute Gasteiger partial charge is 0.160 e. The zero-order valence-electron chi connectivity index (χ0n) is 12.2. The number of aromatic nitrogens is 3. The van der Waals surface area contributed by atoms with E-state index in [1.165, 1.54) is 5.82 Å². The molecular formula is C15H24N4. The first-order chi connectivity index (χ1) is 9.21. The van der Waals surface area contributed by atoms with Crippen LogP contribution in [0.5, 0.6) is 0 Å². The van der Waals surface area contributed by atoms with Crippen molar-refractivity contribution < 1.29 is 0 Å². The minimum Gasteiger partial charge on any atom is -0.330 e. The standard InChI is InChI=1S/C15H24N4/c1-4-12(5-2)14-18-13-9-11(3)10-17-15(13)19(14)8-6-7-16/h9-10,12H,4-8,16H2,1-3H3. The first-order valence-electron chi connectivity index (χ1n) is 7.24. The van der Waals surface area contributed by atoms with Crippen molar-refractivity contribution in [1.82, 2.24) is 14.5 Å².